The summed E-state index contributed by atoms with van der Waals surface area (Å²) in [4.78, 5) is 3.99. The van der Waals surface area contributed by atoms with Crippen LogP contribution in [0.4, 0.5) is 5.82 Å². The monoisotopic (exact) mass is 370 g/mol. The molecule has 0 unspecified atom stereocenters. The van der Waals surface area contributed by atoms with Gasteiger partial charge in [-0.2, -0.15) is 4.31 Å². The SMILES string of the molecule is Cc1cnc(N)c(S(=O)(=O)N(CCN)CCc2ccccc2)c1.Cl. The molecule has 0 spiro atoms. The average molecular weight is 371 g/mol. The summed E-state index contributed by atoms with van der Waals surface area (Å²) in [5, 5.41) is 0. The molecular formula is C16H23ClN4O2S. The van der Waals surface area contributed by atoms with E-state index in [4.69, 9.17) is 11.5 Å². The van der Waals surface area contributed by atoms with E-state index >= 15 is 0 Å². The number of nitrogen functional groups attached to an aromatic ring is 1. The van der Waals surface area contributed by atoms with Crippen molar-refractivity contribution in [2.75, 3.05) is 25.4 Å². The van der Waals surface area contributed by atoms with Gasteiger partial charge in [-0.1, -0.05) is 30.3 Å². The number of pyridine rings is 1. The molecule has 0 aliphatic rings. The van der Waals surface area contributed by atoms with Crippen molar-refractivity contribution in [3.05, 3.63) is 53.7 Å². The minimum absolute atomic E-state index is 0. The Bertz CT molecular complexity index is 754. The van der Waals surface area contributed by atoms with Gasteiger partial charge < -0.3 is 11.5 Å². The molecule has 0 atom stereocenters. The Morgan fingerprint density at radius 1 is 1.17 bits per heavy atom. The van der Waals surface area contributed by atoms with Gasteiger partial charge >= 0.3 is 0 Å². The molecule has 0 amide bonds. The van der Waals surface area contributed by atoms with Crippen LogP contribution in [0.15, 0.2) is 47.5 Å². The lowest BCUT2D eigenvalue weighted by Crippen LogP contribution is -2.37. The smallest absolute Gasteiger partial charge is 0.246 e. The van der Waals surface area contributed by atoms with Crippen molar-refractivity contribution >= 4 is 28.2 Å². The second-order valence-electron chi connectivity index (χ2n) is 5.32. The van der Waals surface area contributed by atoms with Crippen molar-refractivity contribution in [2.45, 2.75) is 18.2 Å². The summed E-state index contributed by atoms with van der Waals surface area (Å²) in [6.07, 6.45) is 2.16. The molecule has 1 aromatic heterocycles. The highest BCUT2D eigenvalue weighted by Gasteiger charge is 2.26. The summed E-state index contributed by atoms with van der Waals surface area (Å²) in [7, 11) is -3.72. The molecule has 2 aromatic rings. The lowest BCUT2D eigenvalue weighted by molar-refractivity contribution is 0.422. The first-order chi connectivity index (χ1) is 10.9. The summed E-state index contributed by atoms with van der Waals surface area (Å²) in [5.74, 6) is 0.0114. The van der Waals surface area contributed by atoms with Crippen LogP contribution < -0.4 is 11.5 Å². The van der Waals surface area contributed by atoms with E-state index in [0.29, 0.717) is 13.0 Å². The molecule has 0 saturated carbocycles. The van der Waals surface area contributed by atoms with E-state index in [0.717, 1.165) is 11.1 Å². The number of sulfonamides is 1. The van der Waals surface area contributed by atoms with Crippen LogP contribution in [0.25, 0.3) is 0 Å². The van der Waals surface area contributed by atoms with E-state index < -0.39 is 10.0 Å². The van der Waals surface area contributed by atoms with Crippen LogP contribution in [-0.4, -0.2) is 37.3 Å². The third-order valence-electron chi connectivity index (χ3n) is 3.51. The van der Waals surface area contributed by atoms with Crippen LogP contribution >= 0.6 is 12.4 Å². The molecule has 0 radical (unpaired) electrons. The van der Waals surface area contributed by atoms with Crippen LogP contribution in [0.1, 0.15) is 11.1 Å². The van der Waals surface area contributed by atoms with Crippen molar-refractivity contribution in [1.82, 2.24) is 9.29 Å². The fourth-order valence-corrected chi connectivity index (χ4v) is 3.90. The first-order valence-electron chi connectivity index (χ1n) is 7.41. The van der Waals surface area contributed by atoms with Gasteiger partial charge in [0.15, 0.2) is 0 Å². The summed E-state index contributed by atoms with van der Waals surface area (Å²) >= 11 is 0. The Hall–Kier alpha value is -1.67. The van der Waals surface area contributed by atoms with E-state index in [-0.39, 0.29) is 36.2 Å². The van der Waals surface area contributed by atoms with Gasteiger partial charge in [0, 0.05) is 25.8 Å². The van der Waals surface area contributed by atoms with Crippen molar-refractivity contribution in [2.24, 2.45) is 5.73 Å². The highest BCUT2D eigenvalue weighted by Crippen LogP contribution is 2.21. The minimum Gasteiger partial charge on any atom is -0.383 e. The average Bonchev–Trinajstić information content (AvgIpc) is 2.54. The van der Waals surface area contributed by atoms with Crippen molar-refractivity contribution in [1.29, 1.82) is 0 Å². The molecule has 2 rings (SSSR count). The van der Waals surface area contributed by atoms with Crippen LogP contribution in [0.5, 0.6) is 0 Å². The summed E-state index contributed by atoms with van der Waals surface area (Å²) < 4.78 is 27.1. The van der Waals surface area contributed by atoms with Gasteiger partial charge in [0.2, 0.25) is 10.0 Å². The van der Waals surface area contributed by atoms with Gasteiger partial charge in [0.1, 0.15) is 10.7 Å². The molecular weight excluding hydrogens is 348 g/mol. The Morgan fingerprint density at radius 2 is 1.83 bits per heavy atom. The number of anilines is 1. The van der Waals surface area contributed by atoms with Crippen LogP contribution in [0.2, 0.25) is 0 Å². The maximum atomic E-state index is 12.9. The molecule has 4 N–H and O–H groups in total. The third kappa shape index (κ3) is 4.91. The largest absolute Gasteiger partial charge is 0.383 e. The number of rotatable bonds is 7. The minimum atomic E-state index is -3.72. The first kappa shape index (κ1) is 20.4. The molecule has 1 heterocycles. The normalized spacial score (nSPS) is 11.3. The van der Waals surface area contributed by atoms with E-state index in [1.54, 1.807) is 19.2 Å². The highest BCUT2D eigenvalue weighted by atomic mass is 35.5. The number of halogens is 1. The summed E-state index contributed by atoms with van der Waals surface area (Å²) in [6.45, 7) is 2.61. The number of nitrogens with zero attached hydrogens (tertiary/aromatic N) is 2. The number of hydrogen-bond acceptors (Lipinski definition) is 5. The first-order valence-corrected chi connectivity index (χ1v) is 8.85. The fourth-order valence-electron chi connectivity index (χ4n) is 2.29. The molecule has 0 aliphatic heterocycles. The number of aryl methyl sites for hydroxylation is 1. The van der Waals surface area contributed by atoms with Gasteiger partial charge in [0.05, 0.1) is 0 Å². The molecule has 0 fully saturated rings. The molecule has 8 heteroatoms. The van der Waals surface area contributed by atoms with Gasteiger partial charge in [-0.25, -0.2) is 13.4 Å². The second kappa shape index (κ2) is 8.98. The number of nitrogens with two attached hydrogens (primary N) is 2. The molecule has 6 nitrogen and oxygen atoms in total. The topological polar surface area (TPSA) is 102 Å². The van der Waals surface area contributed by atoms with E-state index in [1.165, 1.54) is 4.31 Å². The highest BCUT2D eigenvalue weighted by molar-refractivity contribution is 7.89. The Kier molecular flexibility index (Phi) is 7.62. The molecule has 0 bridgehead atoms. The standard InChI is InChI=1S/C16H22N4O2S.ClH/c1-13-11-15(16(18)19-12-13)23(21,22)20(10-8-17)9-7-14-5-3-2-4-6-14;/h2-6,11-12H,7-10,17H2,1H3,(H2,18,19);1H. The lowest BCUT2D eigenvalue weighted by Gasteiger charge is -2.22. The van der Waals surface area contributed by atoms with E-state index in [2.05, 4.69) is 4.98 Å². The Labute approximate surface area is 149 Å². The van der Waals surface area contributed by atoms with Gasteiger partial charge in [0.25, 0.3) is 0 Å². The third-order valence-corrected chi connectivity index (χ3v) is 5.44. The molecule has 24 heavy (non-hydrogen) atoms. The zero-order valence-electron chi connectivity index (χ0n) is 13.6. The Morgan fingerprint density at radius 3 is 2.46 bits per heavy atom. The summed E-state index contributed by atoms with van der Waals surface area (Å²) in [5.41, 5.74) is 13.2. The van der Waals surface area contributed by atoms with Crippen molar-refractivity contribution < 1.29 is 8.42 Å². The van der Waals surface area contributed by atoms with E-state index in [9.17, 15) is 8.42 Å². The van der Waals surface area contributed by atoms with Crippen molar-refractivity contribution in [3.63, 3.8) is 0 Å². The maximum absolute atomic E-state index is 12.9. The van der Waals surface area contributed by atoms with Crippen LogP contribution in [0.3, 0.4) is 0 Å². The maximum Gasteiger partial charge on any atom is 0.246 e. The van der Waals surface area contributed by atoms with Gasteiger partial charge in [-0.05, 0) is 30.5 Å². The van der Waals surface area contributed by atoms with Crippen LogP contribution in [-0.2, 0) is 16.4 Å². The molecule has 0 aliphatic carbocycles. The fraction of sp³-hybridized carbons (Fsp3) is 0.312. The van der Waals surface area contributed by atoms with E-state index in [1.807, 2.05) is 30.3 Å². The zero-order valence-corrected chi connectivity index (χ0v) is 15.2. The van der Waals surface area contributed by atoms with Gasteiger partial charge in [-0.3, -0.25) is 0 Å². The molecule has 132 valence electrons. The molecule has 1 aromatic carbocycles. The number of benzene rings is 1. The summed E-state index contributed by atoms with van der Waals surface area (Å²) in [6, 6.07) is 11.3. The molecule has 0 saturated heterocycles. The predicted octanol–water partition coefficient (Wildman–Crippen LogP) is 1.59. The quantitative estimate of drug-likeness (QED) is 0.770. The predicted molar refractivity (Wildman–Crippen MR) is 98.6 cm³/mol. The van der Waals surface area contributed by atoms with Crippen molar-refractivity contribution in [3.8, 4) is 0 Å². The second-order valence-corrected chi connectivity index (χ2v) is 7.23. The number of aromatic nitrogens is 1. The Balaban J connectivity index is 0.00000288. The lowest BCUT2D eigenvalue weighted by atomic mass is 10.1. The van der Waals surface area contributed by atoms with Gasteiger partial charge in [-0.15, -0.1) is 12.4 Å². The zero-order chi connectivity index (χ0) is 16.9. The number of hydrogen-bond donors (Lipinski definition) is 2. The van der Waals surface area contributed by atoms with Crippen LogP contribution in [0, 0.1) is 6.92 Å².